The van der Waals surface area contributed by atoms with Gasteiger partial charge < -0.3 is 24.5 Å². The van der Waals surface area contributed by atoms with Gasteiger partial charge in [-0.15, -0.1) is 24.0 Å². The van der Waals surface area contributed by atoms with Gasteiger partial charge >= 0.3 is 0 Å². The van der Waals surface area contributed by atoms with Crippen LogP contribution in [0.1, 0.15) is 33.0 Å². The number of nitrogens with one attached hydrogen (secondary N) is 2. The molecule has 134 valence electrons. The molecule has 7 heteroatoms. The molecule has 23 heavy (non-hydrogen) atoms. The van der Waals surface area contributed by atoms with Gasteiger partial charge in [-0.3, -0.25) is 4.99 Å². The Morgan fingerprint density at radius 3 is 2.74 bits per heavy atom. The van der Waals surface area contributed by atoms with Crippen molar-refractivity contribution in [3.63, 3.8) is 0 Å². The second-order valence-electron chi connectivity index (χ2n) is 5.57. The molecule has 2 N–H and O–H groups in total. The number of halogens is 1. The third-order valence-electron chi connectivity index (χ3n) is 3.10. The molecule has 0 fully saturated rings. The van der Waals surface area contributed by atoms with Crippen LogP contribution < -0.4 is 10.6 Å². The molecule has 6 nitrogen and oxygen atoms in total. The normalized spacial score (nSPS) is 11.9. The van der Waals surface area contributed by atoms with E-state index in [-0.39, 0.29) is 29.6 Å². The van der Waals surface area contributed by atoms with Gasteiger partial charge in [0.2, 0.25) is 0 Å². The van der Waals surface area contributed by atoms with Crippen LogP contribution in [0, 0.1) is 0 Å². The fraction of sp³-hybridized carbons (Fsp3) is 0.688. The van der Waals surface area contributed by atoms with E-state index in [9.17, 15) is 0 Å². The number of hydrogen-bond donors (Lipinski definition) is 2. The Morgan fingerprint density at radius 2 is 2.13 bits per heavy atom. The molecule has 1 heterocycles. The van der Waals surface area contributed by atoms with Gasteiger partial charge in [-0.1, -0.05) is 0 Å². The van der Waals surface area contributed by atoms with Gasteiger partial charge in [0.1, 0.15) is 12.4 Å². The maximum atomic E-state index is 5.54. The summed E-state index contributed by atoms with van der Waals surface area (Å²) in [5, 5.41) is 6.51. The molecule has 0 saturated carbocycles. The lowest BCUT2D eigenvalue weighted by Gasteiger charge is -2.21. The number of methoxy groups -OCH3 is 1. The van der Waals surface area contributed by atoms with E-state index in [4.69, 9.17) is 13.9 Å². The Labute approximate surface area is 156 Å². The van der Waals surface area contributed by atoms with E-state index in [1.807, 2.05) is 32.9 Å². The first kappa shape index (κ1) is 22.2. The van der Waals surface area contributed by atoms with Crippen LogP contribution in [0.2, 0.25) is 0 Å². The fourth-order valence-corrected chi connectivity index (χ4v) is 1.62. The smallest absolute Gasteiger partial charge is 0.191 e. The molecular formula is C16H30IN3O3. The van der Waals surface area contributed by atoms with Crippen LogP contribution in [-0.2, 0) is 16.1 Å². The highest BCUT2D eigenvalue weighted by Crippen LogP contribution is 2.07. The number of rotatable bonds is 10. The zero-order valence-corrected chi connectivity index (χ0v) is 16.9. The summed E-state index contributed by atoms with van der Waals surface area (Å²) in [5.41, 5.74) is -0.255. The highest BCUT2D eigenvalue weighted by molar-refractivity contribution is 14.0. The second kappa shape index (κ2) is 12.6. The van der Waals surface area contributed by atoms with Gasteiger partial charge in [-0.25, -0.2) is 0 Å². The van der Waals surface area contributed by atoms with Crippen LogP contribution in [0.3, 0.4) is 0 Å². The van der Waals surface area contributed by atoms with Crippen LogP contribution in [0.4, 0.5) is 0 Å². The molecule has 0 saturated heterocycles. The zero-order chi connectivity index (χ0) is 16.3. The third kappa shape index (κ3) is 10.6. The monoisotopic (exact) mass is 439 g/mol. The molecule has 0 bridgehead atoms. The third-order valence-corrected chi connectivity index (χ3v) is 3.10. The summed E-state index contributed by atoms with van der Waals surface area (Å²) < 4.78 is 16.1. The second-order valence-corrected chi connectivity index (χ2v) is 5.57. The lowest BCUT2D eigenvalue weighted by atomic mass is 10.1. The molecule has 1 rings (SSSR count). The minimum Gasteiger partial charge on any atom is -0.467 e. The Kier molecular flexibility index (Phi) is 12.2. The van der Waals surface area contributed by atoms with Crippen LogP contribution in [-0.4, -0.2) is 44.9 Å². The van der Waals surface area contributed by atoms with Crippen molar-refractivity contribution in [3.05, 3.63) is 24.2 Å². The predicted octanol–water partition coefficient (Wildman–Crippen LogP) is 2.78. The lowest BCUT2D eigenvalue weighted by molar-refractivity contribution is 0.0310. The molecular weight excluding hydrogens is 409 g/mol. The van der Waals surface area contributed by atoms with Crippen LogP contribution >= 0.6 is 24.0 Å². The standard InChI is InChI=1S/C16H29N3O3.HI/c1-5-17-15(19-13-16(2,3)20-4)18-9-7-10-21-12-14-8-6-11-22-14;/h6,8,11H,5,7,9-10,12-13H2,1-4H3,(H2,17,18,19);1H. The molecule has 0 radical (unpaired) electrons. The van der Waals surface area contributed by atoms with E-state index in [2.05, 4.69) is 15.6 Å². The van der Waals surface area contributed by atoms with Gasteiger partial charge in [0.15, 0.2) is 5.96 Å². The summed E-state index contributed by atoms with van der Waals surface area (Å²) in [6.45, 7) is 9.51. The largest absolute Gasteiger partial charge is 0.467 e. The summed E-state index contributed by atoms with van der Waals surface area (Å²) in [5.74, 6) is 1.66. The van der Waals surface area contributed by atoms with Gasteiger partial charge in [0.05, 0.1) is 18.4 Å². The van der Waals surface area contributed by atoms with Crippen LogP contribution in [0.15, 0.2) is 27.8 Å². The summed E-state index contributed by atoms with van der Waals surface area (Å²) in [6.07, 6.45) is 2.56. The number of ether oxygens (including phenoxy) is 2. The molecule has 0 aromatic carbocycles. The number of hydrogen-bond acceptors (Lipinski definition) is 4. The Morgan fingerprint density at radius 1 is 1.35 bits per heavy atom. The highest BCUT2D eigenvalue weighted by Gasteiger charge is 2.15. The molecule has 1 aromatic heterocycles. The van der Waals surface area contributed by atoms with Gasteiger partial charge in [0, 0.05) is 26.8 Å². The summed E-state index contributed by atoms with van der Waals surface area (Å²) in [6, 6.07) is 3.77. The molecule has 0 spiro atoms. The van der Waals surface area contributed by atoms with Gasteiger partial charge in [-0.05, 0) is 39.3 Å². The van der Waals surface area contributed by atoms with Crippen molar-refractivity contribution < 1.29 is 13.9 Å². The SMILES string of the molecule is CCNC(=NCC(C)(C)OC)NCCCOCc1ccco1.I. The number of nitrogens with zero attached hydrogens (tertiary/aromatic N) is 1. The number of guanidine groups is 1. The maximum absolute atomic E-state index is 5.54. The average Bonchev–Trinajstić information content (AvgIpc) is 3.01. The van der Waals surface area contributed by atoms with E-state index in [0.717, 1.165) is 31.2 Å². The Bertz CT molecular complexity index is 422. The predicted molar refractivity (Wildman–Crippen MR) is 103 cm³/mol. The quantitative estimate of drug-likeness (QED) is 0.254. The number of furan rings is 1. The first-order chi connectivity index (χ1) is 10.6. The Hall–Kier alpha value is -0.800. The van der Waals surface area contributed by atoms with Crippen molar-refractivity contribution >= 4 is 29.9 Å². The molecule has 0 aliphatic heterocycles. The van der Waals surface area contributed by atoms with Gasteiger partial charge in [0.25, 0.3) is 0 Å². The van der Waals surface area contributed by atoms with E-state index in [1.54, 1.807) is 13.4 Å². The van der Waals surface area contributed by atoms with E-state index in [0.29, 0.717) is 19.8 Å². The molecule has 1 aromatic rings. The minimum atomic E-state index is -0.255. The topological polar surface area (TPSA) is 68.0 Å². The van der Waals surface area contributed by atoms with Crippen molar-refractivity contribution in [2.24, 2.45) is 4.99 Å². The van der Waals surface area contributed by atoms with Crippen LogP contribution in [0.5, 0.6) is 0 Å². The first-order valence-electron chi connectivity index (χ1n) is 7.75. The minimum absolute atomic E-state index is 0. The molecule has 0 amide bonds. The van der Waals surface area contributed by atoms with E-state index >= 15 is 0 Å². The van der Waals surface area contributed by atoms with Crippen molar-refractivity contribution in [2.75, 3.05) is 33.4 Å². The lowest BCUT2D eigenvalue weighted by Crippen LogP contribution is -2.39. The average molecular weight is 439 g/mol. The summed E-state index contributed by atoms with van der Waals surface area (Å²) >= 11 is 0. The maximum Gasteiger partial charge on any atom is 0.191 e. The van der Waals surface area contributed by atoms with E-state index in [1.165, 1.54) is 0 Å². The van der Waals surface area contributed by atoms with Crippen molar-refractivity contribution in [1.29, 1.82) is 0 Å². The van der Waals surface area contributed by atoms with E-state index < -0.39 is 0 Å². The summed E-state index contributed by atoms with van der Waals surface area (Å²) in [7, 11) is 1.70. The van der Waals surface area contributed by atoms with Crippen molar-refractivity contribution in [1.82, 2.24) is 10.6 Å². The van der Waals surface area contributed by atoms with Gasteiger partial charge in [-0.2, -0.15) is 0 Å². The summed E-state index contributed by atoms with van der Waals surface area (Å²) in [4.78, 5) is 4.53. The molecule has 0 aliphatic rings. The molecule has 0 atom stereocenters. The number of aliphatic imine (C=N–C) groups is 1. The van der Waals surface area contributed by atoms with Crippen LogP contribution in [0.25, 0.3) is 0 Å². The Balaban J connectivity index is 0.00000484. The zero-order valence-electron chi connectivity index (χ0n) is 14.6. The van der Waals surface area contributed by atoms with Crippen molar-refractivity contribution in [2.45, 2.75) is 39.4 Å². The molecule has 0 aliphatic carbocycles. The molecule has 0 unspecified atom stereocenters. The van der Waals surface area contributed by atoms with Crippen molar-refractivity contribution in [3.8, 4) is 0 Å². The first-order valence-corrected chi connectivity index (χ1v) is 7.75. The highest BCUT2D eigenvalue weighted by atomic mass is 127. The fourth-order valence-electron chi connectivity index (χ4n) is 1.62.